The first kappa shape index (κ1) is 17.8. The van der Waals surface area contributed by atoms with Gasteiger partial charge in [-0.25, -0.2) is 4.79 Å². The molecule has 1 aliphatic rings. The molecule has 1 unspecified atom stereocenters. The predicted molar refractivity (Wildman–Crippen MR) is 90.4 cm³/mol. The van der Waals surface area contributed by atoms with Gasteiger partial charge in [-0.2, -0.15) is 0 Å². The maximum absolute atomic E-state index is 12.4. The fourth-order valence-electron chi connectivity index (χ4n) is 2.24. The molecule has 0 bridgehead atoms. The number of carbonyl (C=O) groups is 2. The topological polar surface area (TPSA) is 83.8 Å². The van der Waals surface area contributed by atoms with Crippen molar-refractivity contribution in [1.29, 1.82) is 0 Å². The smallest absolute Gasteiger partial charge is 0.342 e. The molecule has 1 aromatic rings. The second-order valence-electron chi connectivity index (χ2n) is 5.35. The molecule has 0 spiro atoms. The molecule has 1 heterocycles. The standard InChI is InChI=1S/C18H17ClO5/c1-11-7-5-3-2-4-6-8-12(20)9-13-16(18(23)24-11)14(21)10-15(22)17(13)19/h2-6,8,10-11,21-22H,7,9H2,1H3/b4-2-,5-3-,8-6-. The van der Waals surface area contributed by atoms with Crippen LogP contribution in [0.3, 0.4) is 0 Å². The zero-order valence-electron chi connectivity index (χ0n) is 13.0. The molecule has 0 fully saturated rings. The van der Waals surface area contributed by atoms with Crippen LogP contribution >= 0.6 is 11.6 Å². The van der Waals surface area contributed by atoms with Crippen LogP contribution in [0.25, 0.3) is 0 Å². The van der Waals surface area contributed by atoms with E-state index in [2.05, 4.69) is 0 Å². The van der Waals surface area contributed by atoms with Crippen molar-refractivity contribution in [2.45, 2.75) is 25.9 Å². The maximum atomic E-state index is 12.4. The summed E-state index contributed by atoms with van der Waals surface area (Å²) in [5.41, 5.74) is -0.166. The van der Waals surface area contributed by atoms with E-state index in [0.717, 1.165) is 6.07 Å². The van der Waals surface area contributed by atoms with Gasteiger partial charge in [0.1, 0.15) is 23.2 Å². The average Bonchev–Trinajstić information content (AvgIpc) is 2.50. The quantitative estimate of drug-likeness (QED) is 0.701. The number of rotatable bonds is 0. The maximum Gasteiger partial charge on any atom is 0.342 e. The number of phenolic OH excluding ortho intramolecular Hbond substituents is 2. The third-order valence-corrected chi connectivity index (χ3v) is 3.83. The van der Waals surface area contributed by atoms with Crippen LogP contribution < -0.4 is 0 Å². The normalized spacial score (nSPS) is 22.8. The van der Waals surface area contributed by atoms with Crippen molar-refractivity contribution in [3.05, 3.63) is 58.7 Å². The summed E-state index contributed by atoms with van der Waals surface area (Å²) in [5, 5.41) is 19.6. The number of aromatic hydroxyl groups is 2. The highest BCUT2D eigenvalue weighted by Gasteiger charge is 2.25. The number of carbonyl (C=O) groups excluding carboxylic acids is 2. The van der Waals surface area contributed by atoms with Crippen LogP contribution in [-0.4, -0.2) is 28.1 Å². The van der Waals surface area contributed by atoms with E-state index in [1.807, 2.05) is 6.08 Å². The molecule has 2 N–H and O–H groups in total. The van der Waals surface area contributed by atoms with E-state index in [-0.39, 0.29) is 28.4 Å². The van der Waals surface area contributed by atoms with Crippen molar-refractivity contribution >= 4 is 23.4 Å². The summed E-state index contributed by atoms with van der Waals surface area (Å²) in [6.45, 7) is 1.71. The number of esters is 1. The molecule has 0 aliphatic carbocycles. The molecule has 126 valence electrons. The van der Waals surface area contributed by atoms with Crippen molar-refractivity contribution in [2.75, 3.05) is 0 Å². The number of hydrogen-bond donors (Lipinski definition) is 2. The molecule has 1 atom stereocenters. The Morgan fingerprint density at radius 2 is 1.83 bits per heavy atom. The van der Waals surface area contributed by atoms with Gasteiger partial charge in [0.2, 0.25) is 0 Å². The fourth-order valence-corrected chi connectivity index (χ4v) is 2.46. The summed E-state index contributed by atoms with van der Waals surface area (Å²) >= 11 is 6.03. The van der Waals surface area contributed by atoms with Crippen LogP contribution in [0.2, 0.25) is 5.02 Å². The lowest BCUT2D eigenvalue weighted by atomic mass is 10.00. The lowest BCUT2D eigenvalue weighted by Crippen LogP contribution is -2.17. The van der Waals surface area contributed by atoms with Crippen LogP contribution in [0.1, 0.15) is 29.3 Å². The lowest BCUT2D eigenvalue weighted by molar-refractivity contribution is -0.114. The van der Waals surface area contributed by atoms with Gasteiger partial charge >= 0.3 is 5.97 Å². The summed E-state index contributed by atoms with van der Waals surface area (Å²) in [5.74, 6) is -2.03. The fraction of sp³-hybridized carbons (Fsp3) is 0.222. The lowest BCUT2D eigenvalue weighted by Gasteiger charge is -2.16. The molecule has 2 rings (SSSR count). The Balaban J connectivity index is 2.53. The molecule has 1 aliphatic heterocycles. The van der Waals surface area contributed by atoms with Gasteiger partial charge in [0, 0.05) is 24.5 Å². The van der Waals surface area contributed by atoms with E-state index < -0.39 is 23.6 Å². The largest absolute Gasteiger partial charge is 0.507 e. The van der Waals surface area contributed by atoms with Crippen molar-refractivity contribution in [2.24, 2.45) is 0 Å². The molecule has 24 heavy (non-hydrogen) atoms. The molecule has 6 heteroatoms. The van der Waals surface area contributed by atoms with Crippen LogP contribution in [0, 0.1) is 0 Å². The molecule has 0 amide bonds. The van der Waals surface area contributed by atoms with Crippen LogP contribution in [0.5, 0.6) is 11.5 Å². The Hall–Kier alpha value is -2.53. The number of phenols is 2. The molecule has 5 nitrogen and oxygen atoms in total. The minimum Gasteiger partial charge on any atom is -0.507 e. The number of fused-ring (bicyclic) bond motifs is 1. The number of halogens is 1. The Bertz CT molecular complexity index is 746. The van der Waals surface area contributed by atoms with Gasteiger partial charge < -0.3 is 14.9 Å². The van der Waals surface area contributed by atoms with E-state index in [9.17, 15) is 19.8 Å². The third kappa shape index (κ3) is 4.26. The van der Waals surface area contributed by atoms with Gasteiger partial charge in [-0.15, -0.1) is 0 Å². The molecule has 0 aromatic heterocycles. The Morgan fingerprint density at radius 3 is 2.58 bits per heavy atom. The van der Waals surface area contributed by atoms with Gasteiger partial charge in [-0.05, 0) is 13.0 Å². The van der Waals surface area contributed by atoms with Crippen molar-refractivity contribution in [3.8, 4) is 11.5 Å². The minimum atomic E-state index is -0.797. The van der Waals surface area contributed by atoms with Gasteiger partial charge in [0.15, 0.2) is 5.78 Å². The number of hydrogen-bond acceptors (Lipinski definition) is 5. The number of allylic oxidation sites excluding steroid dienone is 5. The second kappa shape index (κ2) is 7.84. The summed E-state index contributed by atoms with van der Waals surface area (Å²) < 4.78 is 5.29. The summed E-state index contributed by atoms with van der Waals surface area (Å²) in [4.78, 5) is 24.4. The molecular formula is C18H17ClO5. The van der Waals surface area contributed by atoms with Crippen molar-refractivity contribution < 1.29 is 24.5 Å². The van der Waals surface area contributed by atoms with Crippen molar-refractivity contribution in [1.82, 2.24) is 0 Å². The SMILES string of the molecule is CC1C\C=C/C=C\C=C/C(=O)Cc2c(Cl)c(O)cc(O)c2C(=O)O1. The highest BCUT2D eigenvalue weighted by atomic mass is 35.5. The molecule has 0 saturated carbocycles. The minimum absolute atomic E-state index is 0.0394. The van der Waals surface area contributed by atoms with E-state index in [1.165, 1.54) is 6.08 Å². The van der Waals surface area contributed by atoms with E-state index in [0.29, 0.717) is 6.42 Å². The third-order valence-electron chi connectivity index (χ3n) is 3.40. The van der Waals surface area contributed by atoms with Crippen LogP contribution in [-0.2, 0) is 16.0 Å². The first-order chi connectivity index (χ1) is 11.4. The Kier molecular flexibility index (Phi) is 5.82. The highest BCUT2D eigenvalue weighted by Crippen LogP contribution is 2.37. The van der Waals surface area contributed by atoms with Crippen LogP contribution in [0.15, 0.2) is 42.5 Å². The zero-order chi connectivity index (χ0) is 17.7. The van der Waals surface area contributed by atoms with E-state index >= 15 is 0 Å². The highest BCUT2D eigenvalue weighted by molar-refractivity contribution is 6.33. The van der Waals surface area contributed by atoms with Gasteiger partial charge in [0.25, 0.3) is 0 Å². The van der Waals surface area contributed by atoms with Crippen LogP contribution in [0.4, 0.5) is 0 Å². The number of benzene rings is 1. The molecular weight excluding hydrogens is 332 g/mol. The summed E-state index contributed by atoms with van der Waals surface area (Å²) in [6.07, 6.45) is 9.74. The van der Waals surface area contributed by atoms with Crippen molar-refractivity contribution in [3.63, 3.8) is 0 Å². The second-order valence-corrected chi connectivity index (χ2v) is 5.73. The van der Waals surface area contributed by atoms with Gasteiger partial charge in [0.05, 0.1) is 5.02 Å². The molecule has 0 saturated heterocycles. The zero-order valence-corrected chi connectivity index (χ0v) is 13.8. The summed E-state index contributed by atoms with van der Waals surface area (Å²) in [7, 11) is 0. The Labute approximate surface area is 144 Å². The number of cyclic esters (lactones) is 1. The number of ether oxygens (including phenoxy) is 1. The molecule has 0 radical (unpaired) electrons. The first-order valence-corrected chi connectivity index (χ1v) is 7.75. The Morgan fingerprint density at radius 1 is 1.12 bits per heavy atom. The van der Waals surface area contributed by atoms with E-state index in [4.69, 9.17) is 16.3 Å². The number of ketones is 1. The summed E-state index contributed by atoms with van der Waals surface area (Å²) in [6, 6.07) is 0.958. The van der Waals surface area contributed by atoms with Gasteiger partial charge in [-0.3, -0.25) is 4.79 Å². The van der Waals surface area contributed by atoms with E-state index in [1.54, 1.807) is 31.2 Å². The monoisotopic (exact) mass is 348 g/mol. The predicted octanol–water partition coefficient (Wildman–Crippen LogP) is 3.48. The molecule has 1 aromatic carbocycles. The average molecular weight is 349 g/mol. The first-order valence-electron chi connectivity index (χ1n) is 7.37. The van der Waals surface area contributed by atoms with Gasteiger partial charge in [-0.1, -0.05) is 42.0 Å².